The predicted molar refractivity (Wildman–Crippen MR) is 155 cm³/mol. The van der Waals surface area contributed by atoms with Gasteiger partial charge in [0.15, 0.2) is 17.2 Å². The number of fused-ring (bicyclic) bond motifs is 3. The number of carbonyl (C=O) groups excluding carboxylic acids is 3. The maximum Gasteiger partial charge on any atom is 0.209 e. The molecule has 222 valence electrons. The Morgan fingerprint density at radius 2 is 1.61 bits per heavy atom. The van der Waals surface area contributed by atoms with Gasteiger partial charge < -0.3 is 20.4 Å². The number of aliphatic hydroxyl groups is 3. The lowest BCUT2D eigenvalue weighted by Crippen LogP contribution is -2.67. The maximum atomic E-state index is 14.5. The van der Waals surface area contributed by atoms with E-state index in [2.05, 4.69) is 19.9 Å². The van der Waals surface area contributed by atoms with E-state index in [1.807, 2.05) is 20.8 Å². The second-order valence-corrected chi connectivity index (χ2v) is 14.2. The average Bonchev–Trinajstić information content (AvgIpc) is 2.86. The molecular weight excluding hydrogens is 520 g/mol. The highest BCUT2D eigenvalue weighted by Crippen LogP contribution is 2.65. The molecule has 4 N–H and O–H groups in total. The van der Waals surface area contributed by atoms with E-state index < -0.39 is 51.0 Å². The second kappa shape index (κ2) is 9.55. The molecule has 1 saturated carbocycles. The van der Waals surface area contributed by atoms with Gasteiger partial charge in [0.1, 0.15) is 22.8 Å². The van der Waals surface area contributed by atoms with Crippen molar-refractivity contribution in [3.8, 4) is 5.75 Å². The summed E-state index contributed by atoms with van der Waals surface area (Å²) in [6.07, 6.45) is 5.53. The first-order valence-electron chi connectivity index (χ1n) is 15.1. The minimum Gasteiger partial charge on any atom is -0.511 e. The lowest BCUT2D eigenvalue weighted by molar-refractivity contribution is -0.171. The van der Waals surface area contributed by atoms with E-state index in [9.17, 15) is 34.8 Å². The van der Waals surface area contributed by atoms with Crippen LogP contribution < -0.4 is 0 Å². The quantitative estimate of drug-likeness (QED) is 0.306. The van der Waals surface area contributed by atoms with Gasteiger partial charge in [-0.25, -0.2) is 0 Å². The summed E-state index contributed by atoms with van der Waals surface area (Å²) in [5, 5.41) is 47.1. The minimum absolute atomic E-state index is 0.0685. The number of phenols is 1. The molecule has 1 aromatic rings. The third kappa shape index (κ3) is 3.83. The highest BCUT2D eigenvalue weighted by atomic mass is 16.3. The van der Waals surface area contributed by atoms with Gasteiger partial charge in [-0.3, -0.25) is 14.4 Å². The molecule has 0 spiro atoms. The molecule has 5 rings (SSSR count). The van der Waals surface area contributed by atoms with Crippen molar-refractivity contribution in [2.45, 2.75) is 111 Å². The highest BCUT2D eigenvalue weighted by Gasteiger charge is 2.71. The number of benzene rings is 1. The van der Waals surface area contributed by atoms with Crippen molar-refractivity contribution in [2.75, 3.05) is 0 Å². The third-order valence-corrected chi connectivity index (χ3v) is 10.7. The Bertz CT molecular complexity index is 1420. The van der Waals surface area contributed by atoms with Crippen molar-refractivity contribution < 1.29 is 34.8 Å². The van der Waals surface area contributed by atoms with Crippen molar-refractivity contribution in [3.63, 3.8) is 0 Å². The summed E-state index contributed by atoms with van der Waals surface area (Å²) in [6.45, 7) is 12.5. The zero-order valence-corrected chi connectivity index (χ0v) is 25.4. The number of allylic oxidation sites excluding steroid dienone is 2. The molecule has 0 bridgehead atoms. The Labute approximate surface area is 242 Å². The van der Waals surface area contributed by atoms with Gasteiger partial charge in [-0.1, -0.05) is 66.9 Å². The van der Waals surface area contributed by atoms with Gasteiger partial charge in [-0.15, -0.1) is 0 Å². The molecule has 4 aliphatic carbocycles. The van der Waals surface area contributed by atoms with Crippen LogP contribution in [0.25, 0.3) is 0 Å². The maximum absolute atomic E-state index is 14.5. The molecule has 0 aliphatic heterocycles. The molecule has 7 nitrogen and oxygen atoms in total. The first-order chi connectivity index (χ1) is 19.0. The number of aliphatic hydroxyl groups excluding tert-OH is 2. The zero-order valence-electron chi connectivity index (χ0n) is 25.4. The largest absolute Gasteiger partial charge is 0.511 e. The summed E-state index contributed by atoms with van der Waals surface area (Å²) in [6, 6.07) is 2.07. The fourth-order valence-electron chi connectivity index (χ4n) is 9.09. The fourth-order valence-corrected chi connectivity index (χ4v) is 9.09. The number of hydrogen-bond acceptors (Lipinski definition) is 7. The number of phenolic OH excluding ortho intramolecular Hbond substituents is 1. The Balaban J connectivity index is 1.80. The molecule has 0 saturated heterocycles. The van der Waals surface area contributed by atoms with Crippen molar-refractivity contribution >= 4 is 17.3 Å². The number of ketones is 3. The summed E-state index contributed by atoms with van der Waals surface area (Å²) in [4.78, 5) is 40.9. The monoisotopic (exact) mass is 564 g/mol. The average molecular weight is 565 g/mol. The van der Waals surface area contributed by atoms with Crippen LogP contribution in [-0.2, 0) is 16.0 Å². The van der Waals surface area contributed by atoms with Gasteiger partial charge in [-0.05, 0) is 67.1 Å². The van der Waals surface area contributed by atoms with E-state index >= 15 is 0 Å². The lowest BCUT2D eigenvalue weighted by Gasteiger charge is -2.59. The number of rotatable bonds is 4. The molecule has 1 unspecified atom stereocenters. The Morgan fingerprint density at radius 3 is 2.15 bits per heavy atom. The molecule has 0 amide bonds. The van der Waals surface area contributed by atoms with E-state index in [1.54, 1.807) is 6.92 Å². The van der Waals surface area contributed by atoms with E-state index in [4.69, 9.17) is 0 Å². The standard InChI is InChI=1S/C34H44O7/c1-16(2)20-13-21(19-11-9-8-10-12-19)27(36)24-22(20)14-32(6)15-33(7)25(17(3)4)28(37)23(18(5)35)30(39)34(33,41)31(40)26(32)29(24)38/h13,16-17,19,25,36-37,40-41H,8-12,14-15H2,1-7H3/t25?,32-,33-,34+/m1/s1. The van der Waals surface area contributed by atoms with Crippen LogP contribution in [0.3, 0.4) is 0 Å². The molecule has 0 radical (unpaired) electrons. The fraction of sp³-hybridized carbons (Fsp3) is 0.618. The van der Waals surface area contributed by atoms with E-state index in [0.717, 1.165) is 55.7 Å². The van der Waals surface area contributed by atoms with Crippen molar-refractivity contribution in [1.29, 1.82) is 0 Å². The van der Waals surface area contributed by atoms with Gasteiger partial charge in [0, 0.05) is 22.3 Å². The van der Waals surface area contributed by atoms with Gasteiger partial charge in [0.25, 0.3) is 0 Å². The number of Topliss-reactive ketones (excluding diaryl/α,β-unsaturated/α-hetero) is 3. The van der Waals surface area contributed by atoms with Gasteiger partial charge in [0.05, 0.1) is 5.56 Å². The first kappa shape index (κ1) is 29.6. The van der Waals surface area contributed by atoms with E-state index in [1.165, 1.54) is 0 Å². The summed E-state index contributed by atoms with van der Waals surface area (Å²) in [7, 11) is 0. The van der Waals surface area contributed by atoms with Crippen LogP contribution in [0.2, 0.25) is 0 Å². The van der Waals surface area contributed by atoms with E-state index in [-0.39, 0.29) is 46.8 Å². The van der Waals surface area contributed by atoms with Crippen LogP contribution in [0.4, 0.5) is 0 Å². The van der Waals surface area contributed by atoms with Crippen LogP contribution in [0.1, 0.15) is 126 Å². The van der Waals surface area contributed by atoms with Crippen molar-refractivity contribution in [1.82, 2.24) is 0 Å². The van der Waals surface area contributed by atoms with Crippen molar-refractivity contribution in [3.05, 3.63) is 51.0 Å². The summed E-state index contributed by atoms with van der Waals surface area (Å²) in [5.74, 6) is -4.51. The van der Waals surface area contributed by atoms with Gasteiger partial charge in [0.2, 0.25) is 5.78 Å². The summed E-state index contributed by atoms with van der Waals surface area (Å²) in [5.41, 5.74) is -3.00. The molecule has 1 aromatic carbocycles. The van der Waals surface area contributed by atoms with Crippen LogP contribution in [-0.4, -0.2) is 43.4 Å². The van der Waals surface area contributed by atoms with Gasteiger partial charge in [-0.2, -0.15) is 0 Å². The smallest absolute Gasteiger partial charge is 0.209 e. The Morgan fingerprint density at radius 1 is 1.00 bits per heavy atom. The molecule has 4 aliphatic rings. The first-order valence-corrected chi connectivity index (χ1v) is 15.1. The van der Waals surface area contributed by atoms with Gasteiger partial charge >= 0.3 is 0 Å². The molecule has 0 heterocycles. The second-order valence-electron chi connectivity index (χ2n) is 14.2. The minimum atomic E-state index is -2.59. The molecular formula is C34H44O7. The van der Waals surface area contributed by atoms with E-state index in [0.29, 0.717) is 6.42 Å². The number of aromatic hydroxyl groups is 1. The van der Waals surface area contributed by atoms with Crippen LogP contribution in [0, 0.1) is 22.7 Å². The topological polar surface area (TPSA) is 132 Å². The Hall–Kier alpha value is -2.93. The van der Waals surface area contributed by atoms with Crippen LogP contribution in [0.15, 0.2) is 28.7 Å². The molecule has 4 atom stereocenters. The third-order valence-electron chi connectivity index (χ3n) is 10.7. The Kier molecular flexibility index (Phi) is 6.88. The lowest BCUT2D eigenvalue weighted by atomic mass is 9.44. The normalized spacial score (nSPS) is 32.4. The summed E-state index contributed by atoms with van der Waals surface area (Å²) < 4.78 is 0. The molecule has 7 heteroatoms. The number of hydrogen-bond donors (Lipinski definition) is 4. The molecule has 0 aromatic heterocycles. The summed E-state index contributed by atoms with van der Waals surface area (Å²) >= 11 is 0. The van der Waals surface area contributed by atoms with Crippen molar-refractivity contribution in [2.24, 2.45) is 22.7 Å². The molecule has 1 fully saturated rings. The van der Waals surface area contributed by atoms with Crippen LogP contribution in [0.5, 0.6) is 5.75 Å². The SMILES string of the molecule is CC(=O)C1=C(O)C(C(C)C)[C@@]2(C)C[C@@]3(C)Cc4c(C(C)C)cc(C5CCCCC5)c(O)c4C(=O)C3=C(O)[C@@]2(O)C1=O. The van der Waals surface area contributed by atoms with Crippen LogP contribution >= 0.6 is 0 Å². The predicted octanol–water partition coefficient (Wildman–Crippen LogP) is 6.52. The molecule has 41 heavy (non-hydrogen) atoms. The zero-order chi connectivity index (χ0) is 30.4. The number of carbonyl (C=O) groups is 3. The highest BCUT2D eigenvalue weighted by molar-refractivity contribution is 6.25.